The van der Waals surface area contributed by atoms with Gasteiger partial charge in [-0.1, -0.05) is 0 Å². The summed E-state index contributed by atoms with van der Waals surface area (Å²) in [7, 11) is 1.20. The SMILES string of the molecule is CO[C@@]1(NC(=O)CCC[C@@H](N)C(=O)O)C(=O)N2C(C(=O)O)=C(COC(N)=O)CS[C@@H]21. The fraction of sp³-hybridized carbons (Fsp3) is 0.562. The molecule has 0 spiro atoms. The molecule has 2 heterocycles. The molecule has 0 aromatic rings. The van der Waals surface area contributed by atoms with Crippen molar-refractivity contribution >= 4 is 41.6 Å². The lowest BCUT2D eigenvalue weighted by Crippen LogP contribution is -2.80. The molecular formula is C16H22N4O9S. The normalized spacial score (nSPS) is 23.9. The summed E-state index contributed by atoms with van der Waals surface area (Å²) in [5.41, 5.74) is 8.33. The van der Waals surface area contributed by atoms with Gasteiger partial charge in [0.15, 0.2) is 0 Å². The van der Waals surface area contributed by atoms with Crippen molar-refractivity contribution in [1.82, 2.24) is 10.2 Å². The summed E-state index contributed by atoms with van der Waals surface area (Å²) in [4.78, 5) is 59.3. The number of primary amides is 1. The summed E-state index contributed by atoms with van der Waals surface area (Å²) in [5.74, 6) is -3.87. The Kier molecular flexibility index (Phi) is 7.28. The molecule has 1 fully saturated rings. The van der Waals surface area contributed by atoms with Gasteiger partial charge in [0.2, 0.25) is 5.91 Å². The van der Waals surface area contributed by atoms with Crippen LogP contribution in [0.25, 0.3) is 0 Å². The van der Waals surface area contributed by atoms with Gasteiger partial charge < -0.3 is 36.5 Å². The molecule has 166 valence electrons. The quantitative estimate of drug-likeness (QED) is 0.190. The van der Waals surface area contributed by atoms with E-state index in [1.54, 1.807) is 0 Å². The number of ether oxygens (including phenoxy) is 2. The van der Waals surface area contributed by atoms with Gasteiger partial charge in [0, 0.05) is 24.9 Å². The number of β-lactam (4-membered cyclic amide) rings is 1. The number of carboxylic acid groups (broad SMARTS) is 2. The third-order valence-electron chi connectivity index (χ3n) is 4.58. The smallest absolute Gasteiger partial charge is 0.404 e. The number of nitrogens with one attached hydrogen (secondary N) is 1. The number of nitrogens with zero attached hydrogens (tertiary/aromatic N) is 1. The van der Waals surface area contributed by atoms with Crippen LogP contribution in [0.2, 0.25) is 0 Å². The second kappa shape index (κ2) is 9.32. The molecule has 0 unspecified atom stereocenters. The standard InChI is InChI=1S/C16H22N4O9S/c1-28-16(19-9(21)4-2-3-8(17)11(22)23)13(26)20-10(12(24)25)7(5-29-15(18)27)6-30-14(16)20/h8,14H,2-6,17H2,1H3,(H2,18,27)(H,19,21)(H,22,23)(H,24,25)/t8-,14-,16+/m1/s1. The molecule has 2 aliphatic rings. The molecule has 3 atom stereocenters. The highest BCUT2D eigenvalue weighted by Crippen LogP contribution is 2.46. The van der Waals surface area contributed by atoms with E-state index in [-0.39, 0.29) is 36.3 Å². The number of aliphatic carboxylic acids is 2. The number of nitrogens with two attached hydrogens (primary N) is 2. The predicted molar refractivity (Wildman–Crippen MR) is 101 cm³/mol. The van der Waals surface area contributed by atoms with E-state index in [2.05, 4.69) is 10.1 Å². The lowest BCUT2D eigenvalue weighted by molar-refractivity contribution is -0.192. The van der Waals surface area contributed by atoms with Gasteiger partial charge in [0.05, 0.1) is 0 Å². The van der Waals surface area contributed by atoms with Crippen molar-refractivity contribution in [3.63, 3.8) is 0 Å². The van der Waals surface area contributed by atoms with Gasteiger partial charge in [-0.05, 0) is 12.8 Å². The van der Waals surface area contributed by atoms with E-state index in [1.807, 2.05) is 0 Å². The second-order valence-electron chi connectivity index (χ2n) is 6.53. The van der Waals surface area contributed by atoms with Gasteiger partial charge in [-0.2, -0.15) is 0 Å². The van der Waals surface area contributed by atoms with Gasteiger partial charge in [-0.3, -0.25) is 19.3 Å². The lowest BCUT2D eigenvalue weighted by Gasteiger charge is -2.55. The van der Waals surface area contributed by atoms with Crippen molar-refractivity contribution in [1.29, 1.82) is 0 Å². The number of carboxylic acids is 2. The van der Waals surface area contributed by atoms with Crippen LogP contribution in [0.3, 0.4) is 0 Å². The summed E-state index contributed by atoms with van der Waals surface area (Å²) in [5, 5.41) is 19.9. The number of amides is 3. The topological polar surface area (TPSA) is 212 Å². The monoisotopic (exact) mass is 446 g/mol. The molecule has 14 heteroatoms. The van der Waals surface area contributed by atoms with E-state index >= 15 is 0 Å². The third kappa shape index (κ3) is 4.49. The Hall–Kier alpha value is -2.84. The van der Waals surface area contributed by atoms with E-state index in [0.717, 1.165) is 16.7 Å². The minimum Gasteiger partial charge on any atom is -0.480 e. The Balaban J connectivity index is 2.11. The highest BCUT2D eigenvalue weighted by molar-refractivity contribution is 8.00. The molecule has 2 rings (SSSR count). The van der Waals surface area contributed by atoms with Gasteiger partial charge >= 0.3 is 18.0 Å². The van der Waals surface area contributed by atoms with Gasteiger partial charge in [-0.25, -0.2) is 9.59 Å². The molecule has 30 heavy (non-hydrogen) atoms. The maximum atomic E-state index is 12.8. The summed E-state index contributed by atoms with van der Waals surface area (Å²) >= 11 is 1.12. The number of carbonyl (C=O) groups excluding carboxylic acids is 3. The Bertz CT molecular complexity index is 802. The predicted octanol–water partition coefficient (Wildman–Crippen LogP) is -1.62. The highest BCUT2D eigenvalue weighted by Gasteiger charge is 2.66. The van der Waals surface area contributed by atoms with Gasteiger partial charge in [-0.15, -0.1) is 11.8 Å². The maximum Gasteiger partial charge on any atom is 0.404 e. The third-order valence-corrected chi connectivity index (χ3v) is 5.96. The zero-order valence-electron chi connectivity index (χ0n) is 16.0. The average Bonchev–Trinajstić information content (AvgIpc) is 2.68. The molecule has 7 N–H and O–H groups in total. The average molecular weight is 446 g/mol. The number of methoxy groups -OCH3 is 1. The van der Waals surface area contributed by atoms with Crippen molar-refractivity contribution in [3.05, 3.63) is 11.3 Å². The van der Waals surface area contributed by atoms with Crippen molar-refractivity contribution in [2.45, 2.75) is 36.4 Å². The number of thioether (sulfide) groups is 1. The number of fused-ring (bicyclic) bond motifs is 1. The van der Waals surface area contributed by atoms with Crippen LogP contribution in [0, 0.1) is 0 Å². The first-order valence-electron chi connectivity index (χ1n) is 8.72. The summed E-state index contributed by atoms with van der Waals surface area (Å²) in [6.45, 7) is -0.392. The number of hydrogen-bond donors (Lipinski definition) is 5. The highest BCUT2D eigenvalue weighted by atomic mass is 32.2. The zero-order chi connectivity index (χ0) is 22.6. The zero-order valence-corrected chi connectivity index (χ0v) is 16.8. The van der Waals surface area contributed by atoms with Crippen LogP contribution in [-0.2, 0) is 28.7 Å². The van der Waals surface area contributed by atoms with E-state index in [0.29, 0.717) is 0 Å². The van der Waals surface area contributed by atoms with Crippen molar-refractivity contribution < 1.29 is 43.7 Å². The van der Waals surface area contributed by atoms with Crippen LogP contribution in [0.4, 0.5) is 4.79 Å². The molecule has 0 aromatic carbocycles. The summed E-state index contributed by atoms with van der Waals surface area (Å²) in [6, 6.07) is -1.10. The number of hydrogen-bond acceptors (Lipinski definition) is 9. The first kappa shape index (κ1) is 23.4. The lowest BCUT2D eigenvalue weighted by atomic mass is 9.97. The molecule has 2 aliphatic heterocycles. The number of rotatable bonds is 10. The van der Waals surface area contributed by atoms with Crippen LogP contribution in [-0.4, -0.2) is 81.6 Å². The minimum atomic E-state index is -1.77. The van der Waals surface area contributed by atoms with Crippen LogP contribution in [0.15, 0.2) is 11.3 Å². The van der Waals surface area contributed by atoms with Crippen molar-refractivity contribution in [2.75, 3.05) is 19.5 Å². The Morgan fingerprint density at radius 2 is 2.03 bits per heavy atom. The van der Waals surface area contributed by atoms with Crippen molar-refractivity contribution in [3.8, 4) is 0 Å². The maximum absolute atomic E-state index is 12.8. The molecule has 0 aromatic heterocycles. The summed E-state index contributed by atoms with van der Waals surface area (Å²) < 4.78 is 9.91. The summed E-state index contributed by atoms with van der Waals surface area (Å²) in [6.07, 6.45) is -0.953. The largest absolute Gasteiger partial charge is 0.480 e. The fourth-order valence-electron chi connectivity index (χ4n) is 3.09. The first-order chi connectivity index (χ1) is 14.0. The second-order valence-corrected chi connectivity index (χ2v) is 7.60. The van der Waals surface area contributed by atoms with Crippen LogP contribution in [0.1, 0.15) is 19.3 Å². The molecule has 0 radical (unpaired) electrons. The van der Waals surface area contributed by atoms with Gasteiger partial charge in [0.1, 0.15) is 23.7 Å². The van der Waals surface area contributed by atoms with E-state index in [4.69, 9.17) is 21.3 Å². The molecule has 13 nitrogen and oxygen atoms in total. The minimum absolute atomic E-state index is 0.0656. The number of carbonyl (C=O) groups is 5. The molecule has 0 saturated carbocycles. The Morgan fingerprint density at radius 3 is 2.57 bits per heavy atom. The molecule has 1 saturated heterocycles. The Labute approximate surface area is 174 Å². The molecule has 0 bridgehead atoms. The first-order valence-corrected chi connectivity index (χ1v) is 9.77. The Morgan fingerprint density at radius 1 is 1.37 bits per heavy atom. The van der Waals surface area contributed by atoms with Crippen LogP contribution >= 0.6 is 11.8 Å². The van der Waals surface area contributed by atoms with E-state index in [1.165, 1.54) is 7.11 Å². The van der Waals surface area contributed by atoms with Crippen molar-refractivity contribution in [2.24, 2.45) is 11.5 Å². The van der Waals surface area contributed by atoms with Crippen LogP contribution < -0.4 is 16.8 Å². The molecular weight excluding hydrogens is 424 g/mol. The van der Waals surface area contributed by atoms with E-state index in [9.17, 15) is 29.1 Å². The van der Waals surface area contributed by atoms with Gasteiger partial charge in [0.25, 0.3) is 11.6 Å². The molecule has 3 amide bonds. The molecule has 0 aliphatic carbocycles. The van der Waals surface area contributed by atoms with Crippen LogP contribution in [0.5, 0.6) is 0 Å². The van der Waals surface area contributed by atoms with E-state index < -0.39 is 53.6 Å². The fourth-order valence-corrected chi connectivity index (χ4v) is 4.51.